The highest BCUT2D eigenvalue weighted by Gasteiger charge is 2.41. The van der Waals surface area contributed by atoms with Crippen LogP contribution >= 0.6 is 11.6 Å². The molecule has 6 nitrogen and oxygen atoms in total. The van der Waals surface area contributed by atoms with Crippen molar-refractivity contribution in [2.24, 2.45) is 0 Å². The van der Waals surface area contributed by atoms with E-state index in [-0.39, 0.29) is 35.5 Å². The largest absolute Gasteiger partial charge is 0.330 e. The number of nitrogens with zero attached hydrogens (tertiary/aromatic N) is 1. The number of piperidine rings is 1. The van der Waals surface area contributed by atoms with Gasteiger partial charge in [0.1, 0.15) is 6.04 Å². The maximum atomic E-state index is 14.8. The molecule has 1 saturated heterocycles. The molecule has 1 atom stereocenters. The van der Waals surface area contributed by atoms with Crippen molar-refractivity contribution in [3.8, 4) is 0 Å². The number of hydrogen-bond acceptors (Lipinski definition) is 4. The SMILES string of the molecule is [2H]c1c([2H])c(C([2H])([2H])CC(=O)C(F)(F)c2ccc(Cl)cc2)c([2H])c2c1C(=O)N(C1CCC(=O)NC1=O)C2. The standard InChI is InChI=1S/C23H19ClF2N2O4/c24-16-5-3-15(4-6-16)23(25,26)19(29)9-2-13-1-7-17-14(11-13)12-28(22(17)32)18-8-10-20(30)27-21(18)31/h1,3-7,11,18H,2,8-10,12H2,(H,27,30,31)/i1D,2D2,7D,11D. The van der Waals surface area contributed by atoms with Crippen LogP contribution in [0.5, 0.6) is 0 Å². The highest BCUT2D eigenvalue weighted by atomic mass is 35.5. The molecule has 4 rings (SSSR count). The van der Waals surface area contributed by atoms with Gasteiger partial charge >= 0.3 is 5.92 Å². The molecule has 1 fully saturated rings. The van der Waals surface area contributed by atoms with Gasteiger partial charge in [0.25, 0.3) is 5.91 Å². The average Bonchev–Trinajstić information content (AvgIpc) is 3.15. The van der Waals surface area contributed by atoms with Crippen molar-refractivity contribution in [1.29, 1.82) is 0 Å². The Morgan fingerprint density at radius 1 is 1.25 bits per heavy atom. The third kappa shape index (κ3) is 4.14. The van der Waals surface area contributed by atoms with E-state index in [1.54, 1.807) is 0 Å². The van der Waals surface area contributed by atoms with E-state index in [0.717, 1.165) is 29.2 Å². The number of imide groups is 1. The second-order valence-corrected chi connectivity index (χ2v) is 7.80. The zero-order valence-electron chi connectivity index (χ0n) is 21.4. The molecule has 32 heavy (non-hydrogen) atoms. The summed E-state index contributed by atoms with van der Waals surface area (Å²) >= 11 is 5.69. The van der Waals surface area contributed by atoms with Crippen molar-refractivity contribution >= 4 is 35.1 Å². The summed E-state index contributed by atoms with van der Waals surface area (Å²) < 4.78 is 71.3. The van der Waals surface area contributed by atoms with E-state index in [0.29, 0.717) is 0 Å². The Morgan fingerprint density at radius 3 is 2.66 bits per heavy atom. The summed E-state index contributed by atoms with van der Waals surface area (Å²) in [5, 5.41) is 2.26. The Balaban J connectivity index is 1.68. The number of nitrogens with one attached hydrogen (secondary N) is 1. The van der Waals surface area contributed by atoms with Gasteiger partial charge in [-0.3, -0.25) is 24.5 Å². The van der Waals surface area contributed by atoms with Crippen LogP contribution < -0.4 is 5.32 Å². The van der Waals surface area contributed by atoms with Gasteiger partial charge in [0.2, 0.25) is 17.6 Å². The second kappa shape index (κ2) is 8.43. The number of alkyl halides is 2. The van der Waals surface area contributed by atoms with Gasteiger partial charge in [-0.25, -0.2) is 0 Å². The number of Topliss-reactive ketones (excluding diaryl/α,β-unsaturated/α-hetero) is 1. The Morgan fingerprint density at radius 2 is 1.97 bits per heavy atom. The van der Waals surface area contributed by atoms with Crippen LogP contribution in [0.1, 0.15) is 53.2 Å². The Hall–Kier alpha value is -3.13. The zero-order chi connectivity index (χ0) is 27.4. The molecule has 0 aromatic heterocycles. The third-order valence-corrected chi connectivity index (χ3v) is 5.51. The van der Waals surface area contributed by atoms with Gasteiger partial charge in [-0.1, -0.05) is 35.8 Å². The fraction of sp³-hybridized carbons (Fsp3) is 0.304. The van der Waals surface area contributed by atoms with E-state index in [1.165, 1.54) is 0 Å². The number of ketones is 1. The van der Waals surface area contributed by atoms with Crippen molar-refractivity contribution in [2.75, 3.05) is 0 Å². The number of hydrogen-bond donors (Lipinski definition) is 1. The minimum absolute atomic E-state index is 0.000754. The Labute approximate surface area is 194 Å². The molecule has 1 N–H and O–H groups in total. The van der Waals surface area contributed by atoms with E-state index < -0.39 is 77.5 Å². The van der Waals surface area contributed by atoms with Crippen LogP contribution in [0.4, 0.5) is 8.78 Å². The molecular weight excluding hydrogens is 442 g/mol. The van der Waals surface area contributed by atoms with Gasteiger partial charge < -0.3 is 4.90 Å². The normalized spacial score (nSPS) is 21.2. The second-order valence-electron chi connectivity index (χ2n) is 7.36. The molecular formula is C23H19ClF2N2O4. The van der Waals surface area contributed by atoms with E-state index in [2.05, 4.69) is 5.32 Å². The summed E-state index contributed by atoms with van der Waals surface area (Å²) in [4.78, 5) is 50.3. The van der Waals surface area contributed by atoms with Crippen molar-refractivity contribution in [3.05, 3.63) is 69.7 Å². The summed E-state index contributed by atoms with van der Waals surface area (Å²) in [6.45, 7) is -0.386. The molecule has 2 aliphatic rings. The van der Waals surface area contributed by atoms with Crippen molar-refractivity contribution in [3.63, 3.8) is 0 Å². The van der Waals surface area contributed by atoms with E-state index >= 15 is 0 Å². The highest BCUT2D eigenvalue weighted by Crippen LogP contribution is 2.32. The smallest absolute Gasteiger partial charge is 0.322 e. The molecule has 0 radical (unpaired) electrons. The van der Waals surface area contributed by atoms with Crippen LogP contribution in [0.15, 0.2) is 42.4 Å². The quantitative estimate of drug-likeness (QED) is 0.663. The monoisotopic (exact) mass is 465 g/mol. The summed E-state index contributed by atoms with van der Waals surface area (Å²) in [5.74, 6) is -8.01. The number of amides is 3. The van der Waals surface area contributed by atoms with Crippen LogP contribution in [0.25, 0.3) is 0 Å². The van der Waals surface area contributed by atoms with Crippen LogP contribution in [0.2, 0.25) is 5.02 Å². The summed E-state index contributed by atoms with van der Waals surface area (Å²) in [6, 6.07) is 0.736. The van der Waals surface area contributed by atoms with Gasteiger partial charge in [0.05, 0.1) is 4.11 Å². The highest BCUT2D eigenvalue weighted by molar-refractivity contribution is 6.30. The van der Waals surface area contributed by atoms with Gasteiger partial charge in [0, 0.05) is 38.3 Å². The molecule has 2 heterocycles. The zero-order valence-corrected chi connectivity index (χ0v) is 17.2. The van der Waals surface area contributed by atoms with Crippen LogP contribution in [-0.4, -0.2) is 34.4 Å². The van der Waals surface area contributed by atoms with Crippen LogP contribution in [0.3, 0.4) is 0 Å². The van der Waals surface area contributed by atoms with Crippen molar-refractivity contribution < 1.29 is 34.8 Å². The lowest BCUT2D eigenvalue weighted by molar-refractivity contribution is -0.144. The molecule has 166 valence electrons. The van der Waals surface area contributed by atoms with Crippen molar-refractivity contribution in [1.82, 2.24) is 10.2 Å². The number of carbonyl (C=O) groups excluding carboxylic acids is 4. The Kier molecular flexibility index (Phi) is 4.34. The lowest BCUT2D eigenvalue weighted by atomic mass is 9.97. The first kappa shape index (κ1) is 16.5. The van der Waals surface area contributed by atoms with E-state index in [4.69, 9.17) is 18.5 Å². The molecule has 2 aromatic carbocycles. The fourth-order valence-corrected chi connectivity index (χ4v) is 3.68. The molecule has 3 amide bonds. The van der Waals surface area contributed by atoms with Gasteiger partial charge in [-0.15, -0.1) is 0 Å². The predicted molar refractivity (Wildman–Crippen MR) is 111 cm³/mol. The fourth-order valence-electron chi connectivity index (χ4n) is 3.55. The first-order chi connectivity index (χ1) is 17.2. The minimum Gasteiger partial charge on any atom is -0.322 e. The van der Waals surface area contributed by atoms with Crippen LogP contribution in [0, 0.1) is 0 Å². The molecule has 0 bridgehead atoms. The molecule has 2 aromatic rings. The predicted octanol–water partition coefficient (Wildman–Crippen LogP) is 3.39. The van der Waals surface area contributed by atoms with Crippen LogP contribution in [-0.2, 0) is 33.2 Å². The van der Waals surface area contributed by atoms with Crippen molar-refractivity contribution in [2.45, 2.75) is 44.1 Å². The molecule has 2 aliphatic heterocycles. The molecule has 1 unspecified atom stereocenters. The number of benzene rings is 2. The maximum absolute atomic E-state index is 14.8. The molecule has 0 saturated carbocycles. The molecule has 0 aliphatic carbocycles. The van der Waals surface area contributed by atoms with Gasteiger partial charge in [0.15, 0.2) is 0 Å². The lowest BCUT2D eigenvalue weighted by Gasteiger charge is -2.29. The summed E-state index contributed by atoms with van der Waals surface area (Å²) in [6.07, 6.45) is -4.42. The third-order valence-electron chi connectivity index (χ3n) is 5.26. The van der Waals surface area contributed by atoms with Gasteiger partial charge in [-0.2, -0.15) is 8.78 Å². The number of carbonyl (C=O) groups is 4. The first-order valence-electron chi connectivity index (χ1n) is 12.1. The van der Waals surface area contributed by atoms with E-state index in [1.807, 2.05) is 0 Å². The van der Waals surface area contributed by atoms with Gasteiger partial charge in [-0.05, 0) is 42.1 Å². The summed E-state index contributed by atoms with van der Waals surface area (Å²) in [7, 11) is 0. The average molecular weight is 466 g/mol. The topological polar surface area (TPSA) is 83.6 Å². The Bertz CT molecular complexity index is 1350. The molecule has 9 heteroatoms. The summed E-state index contributed by atoms with van der Waals surface area (Å²) in [5.41, 5.74) is -2.03. The maximum Gasteiger partial charge on any atom is 0.330 e. The lowest BCUT2D eigenvalue weighted by Crippen LogP contribution is -2.52. The van der Waals surface area contributed by atoms with E-state index in [9.17, 15) is 28.0 Å². The first-order valence-corrected chi connectivity index (χ1v) is 9.99. The molecule has 0 spiro atoms. The number of halogens is 3. The number of rotatable bonds is 6. The minimum atomic E-state index is -4.10. The number of fused-ring (bicyclic) bond motifs is 1.